The first kappa shape index (κ1) is 14.3. The van der Waals surface area contributed by atoms with E-state index in [2.05, 4.69) is 5.32 Å². The van der Waals surface area contributed by atoms with Crippen molar-refractivity contribution in [1.82, 2.24) is 5.32 Å². The van der Waals surface area contributed by atoms with Crippen LogP contribution in [0, 0.1) is 13.8 Å². The van der Waals surface area contributed by atoms with Crippen LogP contribution in [0.4, 0.5) is 0 Å². The van der Waals surface area contributed by atoms with Crippen LogP contribution in [0.2, 0.25) is 0 Å². The van der Waals surface area contributed by atoms with Crippen molar-refractivity contribution in [3.05, 3.63) is 23.2 Å². The predicted octanol–water partition coefficient (Wildman–Crippen LogP) is 1.98. The number of rotatable bonds is 5. The smallest absolute Gasteiger partial charge is 0.151 e. The Morgan fingerprint density at radius 1 is 1.41 bits per heavy atom. The summed E-state index contributed by atoms with van der Waals surface area (Å²) in [5.41, 5.74) is 0.933. The Bertz CT molecular complexity index is 476. The summed E-state index contributed by atoms with van der Waals surface area (Å²) in [5.74, 6) is 1.59. The Morgan fingerprint density at radius 2 is 2.00 bits per heavy atom. The Hall–Kier alpha value is -0.810. The topological polar surface area (TPSA) is 59.3 Å². The molecule has 0 bridgehead atoms. The third-order valence-electron chi connectivity index (χ3n) is 2.98. The van der Waals surface area contributed by atoms with Crippen molar-refractivity contribution in [2.45, 2.75) is 39.0 Å². The average molecular weight is 259 g/mol. The lowest BCUT2D eigenvalue weighted by molar-refractivity contribution is 0.477. The van der Waals surface area contributed by atoms with Crippen molar-refractivity contribution in [2.75, 3.05) is 12.8 Å². The van der Waals surface area contributed by atoms with Crippen LogP contribution in [0.25, 0.3) is 0 Å². The van der Waals surface area contributed by atoms with Gasteiger partial charge in [0.2, 0.25) is 0 Å². The van der Waals surface area contributed by atoms with Crippen molar-refractivity contribution in [2.24, 2.45) is 0 Å². The van der Waals surface area contributed by atoms with Gasteiger partial charge in [-0.1, -0.05) is 6.92 Å². The number of furan rings is 1. The molecule has 1 rings (SSSR count). The number of hydrogen-bond donors (Lipinski definition) is 1. The van der Waals surface area contributed by atoms with Crippen LogP contribution < -0.4 is 5.32 Å². The molecule has 0 saturated carbocycles. The van der Waals surface area contributed by atoms with Crippen LogP contribution in [0.15, 0.2) is 10.5 Å². The van der Waals surface area contributed by atoms with E-state index in [1.807, 2.05) is 26.8 Å². The first-order valence-corrected chi connectivity index (χ1v) is 7.72. The molecule has 0 aliphatic carbocycles. The van der Waals surface area contributed by atoms with Crippen molar-refractivity contribution >= 4 is 9.84 Å². The summed E-state index contributed by atoms with van der Waals surface area (Å²) in [4.78, 5) is 0. The first-order valence-electron chi connectivity index (χ1n) is 5.76. The monoisotopic (exact) mass is 259 g/mol. The maximum absolute atomic E-state index is 11.7. The van der Waals surface area contributed by atoms with Crippen molar-refractivity contribution in [3.63, 3.8) is 0 Å². The summed E-state index contributed by atoms with van der Waals surface area (Å²) in [6.45, 7) is 8.13. The van der Waals surface area contributed by atoms with Gasteiger partial charge in [0.05, 0.1) is 11.3 Å². The van der Waals surface area contributed by atoms with E-state index in [0.29, 0.717) is 6.54 Å². The molecule has 0 radical (unpaired) electrons. The molecule has 0 aromatic carbocycles. The quantitative estimate of drug-likeness (QED) is 0.878. The molecule has 1 aromatic rings. The summed E-state index contributed by atoms with van der Waals surface area (Å²) >= 11 is 0. The van der Waals surface area contributed by atoms with E-state index in [0.717, 1.165) is 17.1 Å². The van der Waals surface area contributed by atoms with Gasteiger partial charge in [0.25, 0.3) is 0 Å². The van der Waals surface area contributed by atoms with E-state index < -0.39 is 15.1 Å². The summed E-state index contributed by atoms with van der Waals surface area (Å²) in [6.07, 6.45) is 1.27. The van der Waals surface area contributed by atoms with Crippen LogP contribution >= 0.6 is 0 Å². The van der Waals surface area contributed by atoms with E-state index >= 15 is 0 Å². The van der Waals surface area contributed by atoms with Gasteiger partial charge >= 0.3 is 0 Å². The number of sulfone groups is 1. The molecular weight excluding hydrogens is 238 g/mol. The zero-order valence-corrected chi connectivity index (χ0v) is 11.9. The van der Waals surface area contributed by atoms with Gasteiger partial charge in [-0.25, -0.2) is 8.42 Å². The van der Waals surface area contributed by atoms with Crippen molar-refractivity contribution in [1.29, 1.82) is 0 Å². The highest BCUT2D eigenvalue weighted by atomic mass is 32.2. The maximum atomic E-state index is 11.7. The highest BCUT2D eigenvalue weighted by Crippen LogP contribution is 2.27. The van der Waals surface area contributed by atoms with E-state index in [9.17, 15) is 8.42 Å². The molecule has 0 aliphatic heterocycles. The normalized spacial score (nSPS) is 15.8. The minimum atomic E-state index is -3.08. The second-order valence-corrected chi connectivity index (χ2v) is 6.84. The van der Waals surface area contributed by atoms with Gasteiger partial charge in [0.15, 0.2) is 9.84 Å². The second kappa shape index (κ2) is 5.23. The molecule has 1 heterocycles. The SMILES string of the molecule is CCNC(c1cc(C)oc1C)C(C)S(C)(=O)=O. The number of hydrogen-bond acceptors (Lipinski definition) is 4. The van der Waals surface area contributed by atoms with E-state index in [1.54, 1.807) is 6.92 Å². The lowest BCUT2D eigenvalue weighted by Crippen LogP contribution is -2.35. The zero-order chi connectivity index (χ0) is 13.2. The van der Waals surface area contributed by atoms with E-state index in [4.69, 9.17) is 4.42 Å². The second-order valence-electron chi connectivity index (χ2n) is 4.44. The largest absolute Gasteiger partial charge is 0.466 e. The number of nitrogens with one attached hydrogen (secondary N) is 1. The summed E-state index contributed by atoms with van der Waals surface area (Å²) in [7, 11) is -3.08. The lowest BCUT2D eigenvalue weighted by atomic mass is 10.0. The molecular formula is C12H21NO3S. The van der Waals surface area contributed by atoms with Gasteiger partial charge in [0.1, 0.15) is 11.5 Å². The van der Waals surface area contributed by atoms with Gasteiger partial charge in [-0.05, 0) is 33.4 Å². The molecule has 1 N–H and O–H groups in total. The Balaban J connectivity index is 3.14. The van der Waals surface area contributed by atoms with Crippen LogP contribution in [-0.2, 0) is 9.84 Å². The molecule has 1 aromatic heterocycles. The molecule has 0 amide bonds. The van der Waals surface area contributed by atoms with Crippen LogP contribution in [0.3, 0.4) is 0 Å². The Morgan fingerprint density at radius 3 is 2.35 bits per heavy atom. The molecule has 0 saturated heterocycles. The predicted molar refractivity (Wildman–Crippen MR) is 68.9 cm³/mol. The standard InChI is InChI=1S/C12H21NO3S/c1-6-13-12(10(4)17(5,14)15)11-7-8(2)16-9(11)3/h7,10,12-13H,6H2,1-5H3. The highest BCUT2D eigenvalue weighted by molar-refractivity contribution is 7.91. The molecule has 17 heavy (non-hydrogen) atoms. The Kier molecular flexibility index (Phi) is 4.38. The lowest BCUT2D eigenvalue weighted by Gasteiger charge is -2.23. The van der Waals surface area contributed by atoms with Crippen LogP contribution in [0.5, 0.6) is 0 Å². The third kappa shape index (κ3) is 3.33. The van der Waals surface area contributed by atoms with Crippen LogP contribution in [-0.4, -0.2) is 26.5 Å². The fourth-order valence-electron chi connectivity index (χ4n) is 1.96. The highest BCUT2D eigenvalue weighted by Gasteiger charge is 2.29. The third-order valence-corrected chi connectivity index (χ3v) is 4.61. The minimum absolute atomic E-state index is 0.215. The maximum Gasteiger partial charge on any atom is 0.151 e. The van der Waals surface area contributed by atoms with Crippen molar-refractivity contribution < 1.29 is 12.8 Å². The van der Waals surface area contributed by atoms with Gasteiger partial charge in [-0.3, -0.25) is 0 Å². The van der Waals surface area contributed by atoms with Gasteiger partial charge in [-0.2, -0.15) is 0 Å². The van der Waals surface area contributed by atoms with Crippen LogP contribution in [0.1, 0.15) is 37.0 Å². The summed E-state index contributed by atoms with van der Waals surface area (Å²) in [6, 6.07) is 1.69. The van der Waals surface area contributed by atoms with E-state index in [-0.39, 0.29) is 6.04 Å². The minimum Gasteiger partial charge on any atom is -0.466 e. The first-order chi connectivity index (χ1) is 7.77. The Labute approximate surface area is 103 Å². The summed E-state index contributed by atoms with van der Waals surface area (Å²) < 4.78 is 28.8. The van der Waals surface area contributed by atoms with Gasteiger partial charge in [0, 0.05) is 11.8 Å². The molecule has 0 fully saturated rings. The fourth-order valence-corrected chi connectivity index (χ4v) is 2.69. The molecule has 98 valence electrons. The molecule has 4 nitrogen and oxygen atoms in total. The molecule has 0 aliphatic rings. The molecule has 2 unspecified atom stereocenters. The number of aryl methyl sites for hydroxylation is 2. The summed E-state index contributed by atoms with van der Waals surface area (Å²) in [5, 5.41) is 2.75. The molecule has 5 heteroatoms. The van der Waals surface area contributed by atoms with Gasteiger partial charge < -0.3 is 9.73 Å². The zero-order valence-electron chi connectivity index (χ0n) is 11.1. The molecule has 0 spiro atoms. The fraction of sp³-hybridized carbons (Fsp3) is 0.667. The van der Waals surface area contributed by atoms with Gasteiger partial charge in [-0.15, -0.1) is 0 Å². The average Bonchev–Trinajstić information content (AvgIpc) is 2.52. The molecule has 2 atom stereocenters. The van der Waals surface area contributed by atoms with E-state index in [1.165, 1.54) is 6.26 Å². The van der Waals surface area contributed by atoms with Crippen molar-refractivity contribution in [3.8, 4) is 0 Å².